The number of nitrogens with one attached hydrogen (secondary N) is 1. The van der Waals surface area contributed by atoms with Crippen molar-refractivity contribution in [1.82, 2.24) is 14.9 Å². The predicted octanol–water partition coefficient (Wildman–Crippen LogP) is 7.71. The van der Waals surface area contributed by atoms with Crippen molar-refractivity contribution in [1.29, 1.82) is 0 Å². The van der Waals surface area contributed by atoms with E-state index in [1.807, 2.05) is 64.3 Å². The van der Waals surface area contributed by atoms with Crippen LogP contribution >= 0.6 is 19.4 Å². The van der Waals surface area contributed by atoms with E-state index >= 15 is 0 Å². The van der Waals surface area contributed by atoms with Crippen LogP contribution < -0.4 is 14.8 Å². The first-order chi connectivity index (χ1) is 25.6. The summed E-state index contributed by atoms with van der Waals surface area (Å²) >= 11 is 1.47. The van der Waals surface area contributed by atoms with Gasteiger partial charge in [0.15, 0.2) is 10.9 Å². The monoisotopic (exact) mass is 779 g/mol. The van der Waals surface area contributed by atoms with Crippen molar-refractivity contribution in [3.05, 3.63) is 42.3 Å². The third-order valence-corrected chi connectivity index (χ3v) is 13.1. The second-order valence-corrected chi connectivity index (χ2v) is 18.6. The van der Waals surface area contributed by atoms with Crippen LogP contribution in [0.4, 0.5) is 5.13 Å². The number of ketones is 1. The number of amides is 1. The van der Waals surface area contributed by atoms with E-state index in [2.05, 4.69) is 11.9 Å². The molecule has 3 aromatic rings. The predicted molar refractivity (Wildman–Crippen MR) is 209 cm³/mol. The lowest BCUT2D eigenvalue weighted by atomic mass is 9.77. The Kier molecular flexibility index (Phi) is 11.8. The standard InChI is InChI=1S/C40H51N4O8PS/c1-8-24-19-40(24,53(48)49)20-34(45)33-16-27(21-44(33)37(47)29(39(4,5)6)17-36(46)52-25-11-9-10-12-25)51-35-18-31(32-22-54-38(43-32)41-23(2)3)42-30-15-26(50-7)13-14-28(30)35/h8,13-15,18,22-25,27,29,33H,1,9-12,16-17,19-21H2,2-7H3,(H-,41,43,48,49)/p+1/t24-,27-,29-,33+,40-/m1/s1. The maximum Gasteiger partial charge on any atom is 0.513 e. The van der Waals surface area contributed by atoms with Gasteiger partial charge in [-0.15, -0.1) is 17.9 Å². The summed E-state index contributed by atoms with van der Waals surface area (Å²) in [5, 5.41) is 5.64. The van der Waals surface area contributed by atoms with E-state index < -0.39 is 42.6 Å². The van der Waals surface area contributed by atoms with Crippen molar-refractivity contribution < 1.29 is 38.1 Å². The van der Waals surface area contributed by atoms with Crippen LogP contribution in [0.5, 0.6) is 11.5 Å². The molecule has 2 N–H and O–H groups in total. The number of esters is 1. The van der Waals surface area contributed by atoms with E-state index in [4.69, 9.17) is 24.2 Å². The minimum absolute atomic E-state index is 0.0805. The molecule has 3 heterocycles. The SMILES string of the molecule is C=C[C@@H]1C[C@]1(CC(=O)[C@@H]1C[C@@H](Oc2cc(-c3csc(NC(C)C)n3)nc3cc(OC)ccc23)CN1C(=O)[C@@H](CC(=O)OC1CCCC1)C(C)(C)C)[P+](=O)O. The molecule has 3 fully saturated rings. The van der Waals surface area contributed by atoms with E-state index in [-0.39, 0.29) is 55.6 Å². The van der Waals surface area contributed by atoms with Crippen molar-refractivity contribution in [3.63, 3.8) is 0 Å². The van der Waals surface area contributed by atoms with Gasteiger partial charge >= 0.3 is 14.0 Å². The molecular weight excluding hydrogens is 728 g/mol. The van der Waals surface area contributed by atoms with Gasteiger partial charge < -0.3 is 24.4 Å². The van der Waals surface area contributed by atoms with Gasteiger partial charge in [-0.25, -0.2) is 9.97 Å². The molecular formula is C40H52N4O8PS+. The number of ether oxygens (including phenoxy) is 3. The average molecular weight is 780 g/mol. The van der Waals surface area contributed by atoms with Gasteiger partial charge in [0.2, 0.25) is 11.1 Å². The highest BCUT2D eigenvalue weighted by Crippen LogP contribution is 2.63. The molecule has 290 valence electrons. The summed E-state index contributed by atoms with van der Waals surface area (Å²) in [6.07, 6.45) is 4.79. The lowest BCUT2D eigenvalue weighted by molar-refractivity contribution is -0.156. The number of allylic oxidation sites excluding steroid dienone is 1. The number of pyridine rings is 1. The third-order valence-electron chi connectivity index (χ3n) is 10.9. The zero-order valence-electron chi connectivity index (χ0n) is 32.0. The number of methoxy groups -OCH3 is 1. The third kappa shape index (κ3) is 8.63. The van der Waals surface area contributed by atoms with Gasteiger partial charge in [0.05, 0.1) is 49.7 Å². The van der Waals surface area contributed by atoms with Crippen LogP contribution in [0.25, 0.3) is 22.3 Å². The molecule has 12 nitrogen and oxygen atoms in total. The topological polar surface area (TPSA) is 157 Å². The van der Waals surface area contributed by atoms with Gasteiger partial charge in [0.25, 0.3) is 0 Å². The zero-order valence-corrected chi connectivity index (χ0v) is 33.7. The van der Waals surface area contributed by atoms with Gasteiger partial charge in [0, 0.05) is 47.7 Å². The fraction of sp³-hybridized carbons (Fsp3) is 0.575. The van der Waals surface area contributed by atoms with E-state index in [1.165, 1.54) is 16.2 Å². The Hall–Kier alpha value is -3.93. The molecule has 2 saturated carbocycles. The van der Waals surface area contributed by atoms with E-state index in [1.54, 1.807) is 13.2 Å². The van der Waals surface area contributed by atoms with Crippen LogP contribution in [0.2, 0.25) is 0 Å². The van der Waals surface area contributed by atoms with Crippen LogP contribution in [0.15, 0.2) is 42.3 Å². The summed E-state index contributed by atoms with van der Waals surface area (Å²) in [5.74, 6) is -0.984. The van der Waals surface area contributed by atoms with Crippen LogP contribution in [0, 0.1) is 17.3 Å². The molecule has 14 heteroatoms. The van der Waals surface area contributed by atoms with Gasteiger partial charge in [-0.1, -0.05) is 26.8 Å². The fourth-order valence-electron chi connectivity index (χ4n) is 7.75. The number of hydrogen-bond acceptors (Lipinski definition) is 11. The number of likely N-dealkylation sites (tertiary alicyclic amines) is 1. The summed E-state index contributed by atoms with van der Waals surface area (Å²) in [4.78, 5) is 63.6. The Morgan fingerprint density at radius 3 is 2.52 bits per heavy atom. The summed E-state index contributed by atoms with van der Waals surface area (Å²) in [7, 11) is -1.09. The minimum atomic E-state index is -2.67. The molecule has 3 aliphatic rings. The minimum Gasteiger partial charge on any atom is -0.497 e. The molecule has 0 spiro atoms. The molecule has 6 atom stereocenters. The molecule has 0 bridgehead atoms. The van der Waals surface area contributed by atoms with Crippen molar-refractivity contribution in [2.75, 3.05) is 19.0 Å². The van der Waals surface area contributed by atoms with Crippen molar-refractivity contribution in [2.45, 2.75) is 115 Å². The Morgan fingerprint density at radius 2 is 1.89 bits per heavy atom. The lowest BCUT2D eigenvalue weighted by Gasteiger charge is -2.34. The first-order valence-corrected chi connectivity index (χ1v) is 20.9. The average Bonchev–Trinajstić information content (AvgIpc) is 3.53. The van der Waals surface area contributed by atoms with Crippen LogP contribution in [-0.2, 0) is 23.7 Å². The number of hydrogen-bond donors (Lipinski definition) is 2. The number of nitrogens with zero attached hydrogens (tertiary/aromatic N) is 3. The number of Topliss-reactive ketones (excluding diaryl/α,β-unsaturated/α-hetero) is 1. The summed E-state index contributed by atoms with van der Waals surface area (Å²) < 4.78 is 30.6. The molecule has 2 aliphatic carbocycles. The molecule has 0 radical (unpaired) electrons. The molecule has 1 aromatic carbocycles. The zero-order chi connectivity index (χ0) is 38.9. The largest absolute Gasteiger partial charge is 0.513 e. The second kappa shape index (κ2) is 16.0. The molecule has 54 heavy (non-hydrogen) atoms. The summed E-state index contributed by atoms with van der Waals surface area (Å²) in [6.45, 7) is 13.7. The molecule has 1 unspecified atom stereocenters. The van der Waals surface area contributed by atoms with E-state index in [0.29, 0.717) is 40.2 Å². The Morgan fingerprint density at radius 1 is 1.15 bits per heavy atom. The number of aromatic nitrogens is 2. The van der Waals surface area contributed by atoms with Gasteiger partial charge in [-0.05, 0) is 61.6 Å². The molecule has 1 aliphatic heterocycles. The maximum absolute atomic E-state index is 14.7. The van der Waals surface area contributed by atoms with Gasteiger partial charge in [0.1, 0.15) is 29.4 Å². The number of thiazole rings is 1. The van der Waals surface area contributed by atoms with Gasteiger partial charge in [-0.3, -0.25) is 14.4 Å². The second-order valence-electron chi connectivity index (χ2n) is 16.3. The first kappa shape index (κ1) is 39.8. The van der Waals surface area contributed by atoms with Gasteiger partial charge in [-0.2, -0.15) is 4.89 Å². The number of anilines is 1. The maximum atomic E-state index is 14.7. The number of carbonyl (C=O) groups is 3. The number of benzene rings is 1. The smallest absolute Gasteiger partial charge is 0.497 e. The Balaban J connectivity index is 1.32. The fourth-order valence-corrected chi connectivity index (χ4v) is 9.64. The normalized spacial score (nSPS) is 23.7. The summed E-state index contributed by atoms with van der Waals surface area (Å²) in [6, 6.07) is 6.61. The van der Waals surface area contributed by atoms with Crippen molar-refractivity contribution in [3.8, 4) is 22.9 Å². The molecule has 1 amide bonds. The van der Waals surface area contributed by atoms with Crippen LogP contribution in [0.1, 0.15) is 86.0 Å². The number of fused-ring (bicyclic) bond motifs is 1. The Labute approximate surface area is 321 Å². The molecule has 1 saturated heterocycles. The van der Waals surface area contributed by atoms with E-state index in [9.17, 15) is 23.8 Å². The first-order valence-electron chi connectivity index (χ1n) is 18.8. The highest BCUT2D eigenvalue weighted by Gasteiger charge is 2.69. The van der Waals surface area contributed by atoms with Crippen LogP contribution in [-0.4, -0.2) is 80.5 Å². The lowest BCUT2D eigenvalue weighted by Crippen LogP contribution is -2.48. The number of carbonyl (C=O) groups excluding carboxylic acids is 3. The van der Waals surface area contributed by atoms with Crippen molar-refractivity contribution in [2.24, 2.45) is 17.3 Å². The summed E-state index contributed by atoms with van der Waals surface area (Å²) in [5.41, 5.74) is 1.24. The molecule has 2 aromatic heterocycles. The van der Waals surface area contributed by atoms with Crippen LogP contribution in [0.3, 0.4) is 0 Å². The Bertz CT molecular complexity index is 1920. The number of rotatable bonds is 15. The van der Waals surface area contributed by atoms with Crippen molar-refractivity contribution >= 4 is 53.1 Å². The molecule has 6 rings (SSSR count). The highest BCUT2D eigenvalue weighted by molar-refractivity contribution is 7.40. The highest BCUT2D eigenvalue weighted by atomic mass is 32.1. The van der Waals surface area contributed by atoms with E-state index in [0.717, 1.165) is 30.8 Å². The quantitative estimate of drug-likeness (QED) is 0.0885.